The third-order valence-electron chi connectivity index (χ3n) is 6.20. The van der Waals surface area contributed by atoms with Gasteiger partial charge in [-0.25, -0.2) is 0 Å². The maximum atomic E-state index is 13.3. The minimum absolute atomic E-state index is 0.0165. The van der Waals surface area contributed by atoms with E-state index in [1.165, 1.54) is 32.4 Å². The molecule has 2 aromatic rings. The molecule has 9 nitrogen and oxygen atoms in total. The molecule has 3 atom stereocenters. The van der Waals surface area contributed by atoms with Crippen LogP contribution in [0.1, 0.15) is 22.6 Å². The molecule has 0 aromatic heterocycles. The number of halogens is 3. The minimum atomic E-state index is -6.11. The van der Waals surface area contributed by atoms with Gasteiger partial charge in [0.25, 0.3) is 0 Å². The molecule has 1 fully saturated rings. The Morgan fingerprint density at radius 2 is 1.84 bits per heavy atom. The van der Waals surface area contributed by atoms with Crippen molar-refractivity contribution in [2.75, 3.05) is 27.6 Å². The van der Waals surface area contributed by atoms with Crippen LogP contribution >= 0.6 is 0 Å². The summed E-state index contributed by atoms with van der Waals surface area (Å²) in [6, 6.07) is 5.94. The lowest BCUT2D eigenvalue weighted by Gasteiger charge is -2.28. The molecule has 0 spiro atoms. The van der Waals surface area contributed by atoms with E-state index in [1.807, 2.05) is 0 Å². The van der Waals surface area contributed by atoms with Crippen LogP contribution in [0.3, 0.4) is 0 Å². The number of alkyl halides is 3. The first-order chi connectivity index (χ1) is 17.4. The SMILES string of the molecule is C=C[C@H]1COC(=O)C1C(c1cc(C)c(OC)c(OC)c1)c1ccc2c(c1OS(=O)(=O)C(F)(F)F)OCO2. The topological polar surface area (TPSA) is 107 Å². The number of aryl methyl sites for hydroxylation is 1. The molecule has 4 rings (SSSR count). The number of hydrogen-bond acceptors (Lipinski definition) is 9. The Labute approximate surface area is 210 Å². The van der Waals surface area contributed by atoms with Gasteiger partial charge in [-0.2, -0.15) is 21.6 Å². The lowest BCUT2D eigenvalue weighted by Crippen LogP contribution is -2.30. The molecule has 2 unspecified atom stereocenters. The van der Waals surface area contributed by atoms with Crippen LogP contribution in [0.4, 0.5) is 13.2 Å². The molecule has 2 aromatic carbocycles. The first-order valence-corrected chi connectivity index (χ1v) is 12.3. The van der Waals surface area contributed by atoms with Crippen molar-refractivity contribution in [3.63, 3.8) is 0 Å². The second-order valence-electron chi connectivity index (χ2n) is 8.31. The molecule has 0 amide bonds. The zero-order valence-corrected chi connectivity index (χ0v) is 20.8. The molecule has 2 heterocycles. The second kappa shape index (κ2) is 9.69. The number of rotatable bonds is 8. The summed E-state index contributed by atoms with van der Waals surface area (Å²) in [4.78, 5) is 13.0. The fourth-order valence-corrected chi connectivity index (χ4v) is 5.03. The van der Waals surface area contributed by atoms with E-state index in [-0.39, 0.29) is 36.2 Å². The Morgan fingerprint density at radius 1 is 1.11 bits per heavy atom. The predicted molar refractivity (Wildman–Crippen MR) is 122 cm³/mol. The Kier molecular flexibility index (Phi) is 6.93. The minimum Gasteiger partial charge on any atom is -0.493 e. The van der Waals surface area contributed by atoms with Crippen molar-refractivity contribution >= 4 is 16.1 Å². The quantitative estimate of drug-likeness (QED) is 0.210. The average Bonchev–Trinajstić information content (AvgIpc) is 3.46. The molecule has 0 saturated carbocycles. The standard InChI is InChI=1S/C24H23F3O9S/c1-5-13-10-33-23(28)19(13)18(14-8-12(2)20(32-4)17(9-14)31-3)15-6-7-16-22(35-11-34-16)21(15)36-37(29,30)24(25,26)27/h5-9,13,18-19H,1,10-11H2,2-4H3/t13-,18?,19?/m0/s1. The molecule has 0 radical (unpaired) electrons. The number of cyclic esters (lactones) is 1. The Morgan fingerprint density at radius 3 is 2.46 bits per heavy atom. The first kappa shape index (κ1) is 26.5. The molecule has 37 heavy (non-hydrogen) atoms. The van der Waals surface area contributed by atoms with E-state index in [0.29, 0.717) is 16.9 Å². The fraction of sp³-hybridized carbons (Fsp3) is 0.375. The molecule has 0 bridgehead atoms. The highest BCUT2D eigenvalue weighted by atomic mass is 32.2. The first-order valence-electron chi connectivity index (χ1n) is 10.9. The lowest BCUT2D eigenvalue weighted by atomic mass is 9.74. The van der Waals surface area contributed by atoms with Crippen LogP contribution in [-0.4, -0.2) is 47.5 Å². The summed E-state index contributed by atoms with van der Waals surface area (Å²) in [7, 11) is -3.27. The summed E-state index contributed by atoms with van der Waals surface area (Å²) in [5.74, 6) is -3.67. The fourth-order valence-electron chi connectivity index (χ4n) is 4.54. The van der Waals surface area contributed by atoms with Gasteiger partial charge in [-0.3, -0.25) is 4.79 Å². The van der Waals surface area contributed by atoms with E-state index in [9.17, 15) is 26.4 Å². The molecule has 2 aliphatic heterocycles. The van der Waals surface area contributed by atoms with Crippen LogP contribution in [-0.2, 0) is 19.6 Å². The van der Waals surface area contributed by atoms with Gasteiger partial charge in [-0.1, -0.05) is 18.2 Å². The van der Waals surface area contributed by atoms with Crippen LogP contribution in [0.5, 0.6) is 28.7 Å². The molecule has 0 N–H and O–H groups in total. The van der Waals surface area contributed by atoms with E-state index in [2.05, 4.69) is 10.8 Å². The third-order valence-corrected chi connectivity index (χ3v) is 7.15. The van der Waals surface area contributed by atoms with E-state index >= 15 is 0 Å². The number of carbonyl (C=O) groups is 1. The Balaban J connectivity index is 2.01. The van der Waals surface area contributed by atoms with E-state index in [0.717, 1.165) is 0 Å². The van der Waals surface area contributed by atoms with Gasteiger partial charge in [0.15, 0.2) is 23.0 Å². The molecular formula is C24H23F3O9S. The van der Waals surface area contributed by atoms with Crippen molar-refractivity contribution in [3.05, 3.63) is 53.6 Å². The van der Waals surface area contributed by atoms with Gasteiger partial charge < -0.3 is 27.9 Å². The summed E-state index contributed by atoms with van der Waals surface area (Å²) >= 11 is 0. The van der Waals surface area contributed by atoms with Gasteiger partial charge in [0.1, 0.15) is 0 Å². The van der Waals surface area contributed by atoms with Crippen LogP contribution in [0.25, 0.3) is 0 Å². The van der Waals surface area contributed by atoms with Gasteiger partial charge in [-0.15, -0.1) is 6.58 Å². The maximum Gasteiger partial charge on any atom is 0.534 e. The molecule has 1 saturated heterocycles. The smallest absolute Gasteiger partial charge is 0.493 e. The third kappa shape index (κ3) is 4.63. The molecule has 2 aliphatic rings. The Bertz CT molecular complexity index is 1340. The predicted octanol–water partition coefficient (Wildman–Crippen LogP) is 4.08. The summed E-state index contributed by atoms with van der Waals surface area (Å²) < 4.78 is 95.4. The van der Waals surface area contributed by atoms with E-state index < -0.39 is 45.1 Å². The van der Waals surface area contributed by atoms with Gasteiger partial charge in [0.2, 0.25) is 12.5 Å². The number of carbonyl (C=O) groups excluding carboxylic acids is 1. The van der Waals surface area contributed by atoms with Crippen molar-refractivity contribution in [2.24, 2.45) is 11.8 Å². The van der Waals surface area contributed by atoms with Crippen molar-refractivity contribution in [1.82, 2.24) is 0 Å². The van der Waals surface area contributed by atoms with Crippen molar-refractivity contribution in [2.45, 2.75) is 18.3 Å². The van der Waals surface area contributed by atoms with Crippen molar-refractivity contribution in [1.29, 1.82) is 0 Å². The number of ether oxygens (including phenoxy) is 5. The van der Waals surface area contributed by atoms with Gasteiger partial charge >= 0.3 is 21.6 Å². The van der Waals surface area contributed by atoms with Crippen molar-refractivity contribution < 1.29 is 54.3 Å². The van der Waals surface area contributed by atoms with Crippen LogP contribution in [0.2, 0.25) is 0 Å². The zero-order valence-electron chi connectivity index (χ0n) is 20.0. The van der Waals surface area contributed by atoms with Crippen molar-refractivity contribution in [3.8, 4) is 28.7 Å². The Hall–Kier alpha value is -3.61. The summed E-state index contributed by atoms with van der Waals surface area (Å²) in [6.07, 6.45) is 1.50. The highest BCUT2D eigenvalue weighted by Crippen LogP contribution is 2.52. The number of hydrogen-bond donors (Lipinski definition) is 0. The number of benzene rings is 2. The normalized spacial score (nSPS) is 19.8. The van der Waals surface area contributed by atoms with E-state index in [1.54, 1.807) is 19.1 Å². The monoisotopic (exact) mass is 544 g/mol. The van der Waals surface area contributed by atoms with Crippen LogP contribution in [0, 0.1) is 18.8 Å². The lowest BCUT2D eigenvalue weighted by molar-refractivity contribution is -0.141. The molecule has 13 heteroatoms. The molecule has 0 aliphatic carbocycles. The average molecular weight is 545 g/mol. The van der Waals surface area contributed by atoms with Gasteiger partial charge in [0.05, 0.1) is 26.7 Å². The number of fused-ring (bicyclic) bond motifs is 1. The zero-order chi connectivity index (χ0) is 27.1. The molecule has 200 valence electrons. The largest absolute Gasteiger partial charge is 0.534 e. The second-order valence-corrected chi connectivity index (χ2v) is 9.85. The summed E-state index contributed by atoms with van der Waals surface area (Å²) in [5, 5.41) is 0. The van der Waals surface area contributed by atoms with Crippen LogP contribution < -0.4 is 23.1 Å². The van der Waals surface area contributed by atoms with Crippen LogP contribution in [0.15, 0.2) is 36.9 Å². The summed E-state index contributed by atoms with van der Waals surface area (Å²) in [5.41, 5.74) is -4.80. The van der Waals surface area contributed by atoms with Gasteiger partial charge in [-0.05, 0) is 30.2 Å². The summed E-state index contributed by atoms with van der Waals surface area (Å²) in [6.45, 7) is 5.07. The highest BCUT2D eigenvalue weighted by molar-refractivity contribution is 7.88. The number of esters is 1. The van der Waals surface area contributed by atoms with E-state index in [4.69, 9.17) is 23.7 Å². The van der Waals surface area contributed by atoms with Gasteiger partial charge in [0, 0.05) is 17.4 Å². The maximum absolute atomic E-state index is 13.3. The highest BCUT2D eigenvalue weighted by Gasteiger charge is 2.51. The number of methoxy groups -OCH3 is 2. The molecular weight excluding hydrogens is 521 g/mol.